The first kappa shape index (κ1) is 19.2. The van der Waals surface area contributed by atoms with E-state index in [9.17, 15) is 4.79 Å². The van der Waals surface area contributed by atoms with E-state index in [1.807, 2.05) is 33.6 Å². The van der Waals surface area contributed by atoms with Gasteiger partial charge in [0.1, 0.15) is 5.75 Å². The molecule has 2 aromatic heterocycles. The van der Waals surface area contributed by atoms with Gasteiger partial charge in [0, 0.05) is 10.8 Å². The van der Waals surface area contributed by atoms with Crippen LogP contribution in [0.25, 0.3) is 21.8 Å². The van der Waals surface area contributed by atoms with Crippen LogP contribution in [-0.2, 0) is 11.1 Å². The first-order chi connectivity index (χ1) is 13.5. The number of ether oxygens (including phenoxy) is 1. The highest BCUT2D eigenvalue weighted by Gasteiger charge is 2.19. The molecule has 0 spiro atoms. The molecule has 0 bridgehead atoms. The van der Waals surface area contributed by atoms with Crippen molar-refractivity contribution in [2.75, 3.05) is 0 Å². The predicted molar refractivity (Wildman–Crippen MR) is 114 cm³/mol. The standard InChI is InChI=1S/C23H26N4O2/c1-22(2,3)26-19-9-7-15(11-16(19)13-24-26)21(28)29-18-8-10-20-17(12-18)14-25-27(20)23(4,5)6/h7-14H,1-6H3. The van der Waals surface area contributed by atoms with Crippen LogP contribution in [0.1, 0.15) is 51.9 Å². The number of carbonyl (C=O) groups excluding carboxylic acids is 1. The zero-order valence-corrected chi connectivity index (χ0v) is 17.7. The molecular weight excluding hydrogens is 364 g/mol. The molecule has 6 nitrogen and oxygen atoms in total. The summed E-state index contributed by atoms with van der Waals surface area (Å²) >= 11 is 0. The third kappa shape index (κ3) is 3.50. The first-order valence-corrected chi connectivity index (χ1v) is 9.73. The van der Waals surface area contributed by atoms with E-state index in [1.54, 1.807) is 24.5 Å². The quantitative estimate of drug-likeness (QED) is 0.352. The Morgan fingerprint density at radius 1 is 0.793 bits per heavy atom. The fourth-order valence-electron chi connectivity index (χ4n) is 3.47. The van der Waals surface area contributed by atoms with Gasteiger partial charge in [-0.25, -0.2) is 4.79 Å². The van der Waals surface area contributed by atoms with Gasteiger partial charge in [-0.15, -0.1) is 0 Å². The van der Waals surface area contributed by atoms with Crippen molar-refractivity contribution in [1.82, 2.24) is 19.6 Å². The predicted octanol–water partition coefficient (Wildman–Crippen LogP) is 5.12. The monoisotopic (exact) mass is 390 g/mol. The maximum absolute atomic E-state index is 12.7. The molecule has 0 amide bonds. The van der Waals surface area contributed by atoms with Gasteiger partial charge in [0.25, 0.3) is 0 Å². The van der Waals surface area contributed by atoms with E-state index >= 15 is 0 Å². The molecule has 150 valence electrons. The van der Waals surface area contributed by atoms with Crippen LogP contribution < -0.4 is 4.74 Å². The Hall–Kier alpha value is -3.15. The number of hydrogen-bond donors (Lipinski definition) is 0. The molecular formula is C23H26N4O2. The summed E-state index contributed by atoms with van der Waals surface area (Å²) in [6.45, 7) is 12.6. The van der Waals surface area contributed by atoms with Gasteiger partial charge in [0.15, 0.2) is 0 Å². The van der Waals surface area contributed by atoms with Crippen LogP contribution in [0.4, 0.5) is 0 Å². The second-order valence-electron chi connectivity index (χ2n) is 9.34. The zero-order valence-electron chi connectivity index (χ0n) is 17.7. The SMILES string of the molecule is CC(C)(C)n1ncc2cc(OC(=O)c3ccc4c(cnn4C(C)(C)C)c3)ccc21. The van der Waals surface area contributed by atoms with Crippen molar-refractivity contribution >= 4 is 27.8 Å². The van der Waals surface area contributed by atoms with Crippen molar-refractivity contribution in [3.8, 4) is 5.75 Å². The summed E-state index contributed by atoms with van der Waals surface area (Å²) in [7, 11) is 0. The molecule has 0 radical (unpaired) electrons. The average molecular weight is 390 g/mol. The van der Waals surface area contributed by atoms with E-state index in [-0.39, 0.29) is 11.1 Å². The molecule has 4 aromatic rings. The van der Waals surface area contributed by atoms with Crippen LogP contribution in [0.2, 0.25) is 0 Å². The van der Waals surface area contributed by atoms with Crippen molar-refractivity contribution < 1.29 is 9.53 Å². The number of carbonyl (C=O) groups is 1. The number of fused-ring (bicyclic) bond motifs is 2. The molecule has 0 fully saturated rings. The second kappa shape index (κ2) is 6.44. The Morgan fingerprint density at radius 3 is 1.86 bits per heavy atom. The van der Waals surface area contributed by atoms with E-state index in [0.29, 0.717) is 11.3 Å². The molecule has 2 aromatic carbocycles. The van der Waals surface area contributed by atoms with Crippen molar-refractivity contribution in [3.63, 3.8) is 0 Å². The number of hydrogen-bond acceptors (Lipinski definition) is 4. The number of esters is 1. The van der Waals surface area contributed by atoms with Gasteiger partial charge in [0.2, 0.25) is 0 Å². The van der Waals surface area contributed by atoms with E-state index < -0.39 is 5.97 Å². The van der Waals surface area contributed by atoms with Gasteiger partial charge in [-0.2, -0.15) is 10.2 Å². The molecule has 29 heavy (non-hydrogen) atoms. The summed E-state index contributed by atoms with van der Waals surface area (Å²) < 4.78 is 9.55. The third-order valence-corrected chi connectivity index (χ3v) is 4.82. The first-order valence-electron chi connectivity index (χ1n) is 9.73. The van der Waals surface area contributed by atoms with Crippen molar-refractivity contribution in [3.05, 3.63) is 54.4 Å². The van der Waals surface area contributed by atoms with Gasteiger partial charge in [0.05, 0.1) is 40.1 Å². The van der Waals surface area contributed by atoms with E-state index in [0.717, 1.165) is 21.8 Å². The highest BCUT2D eigenvalue weighted by Crippen LogP contribution is 2.27. The fraction of sp³-hybridized carbons (Fsp3) is 0.348. The lowest BCUT2D eigenvalue weighted by Gasteiger charge is -2.20. The summed E-state index contributed by atoms with van der Waals surface area (Å²) in [5.41, 5.74) is 2.25. The van der Waals surface area contributed by atoms with Crippen molar-refractivity contribution in [1.29, 1.82) is 0 Å². The van der Waals surface area contributed by atoms with E-state index in [2.05, 4.69) is 51.7 Å². The summed E-state index contributed by atoms with van der Waals surface area (Å²) in [6, 6.07) is 11.1. The van der Waals surface area contributed by atoms with Gasteiger partial charge >= 0.3 is 5.97 Å². The van der Waals surface area contributed by atoms with Crippen LogP contribution in [0.15, 0.2) is 48.8 Å². The smallest absolute Gasteiger partial charge is 0.343 e. The molecule has 0 saturated heterocycles. The van der Waals surface area contributed by atoms with Crippen LogP contribution in [0.3, 0.4) is 0 Å². The third-order valence-electron chi connectivity index (χ3n) is 4.82. The molecule has 0 unspecified atom stereocenters. The molecule has 0 atom stereocenters. The molecule has 2 heterocycles. The second-order valence-corrected chi connectivity index (χ2v) is 9.34. The maximum Gasteiger partial charge on any atom is 0.343 e. The Morgan fingerprint density at radius 2 is 1.31 bits per heavy atom. The lowest BCUT2D eigenvalue weighted by molar-refractivity contribution is 0.0735. The van der Waals surface area contributed by atoms with Gasteiger partial charge in [-0.1, -0.05) is 0 Å². The number of aromatic nitrogens is 4. The largest absolute Gasteiger partial charge is 0.423 e. The number of rotatable bonds is 2. The van der Waals surface area contributed by atoms with Crippen LogP contribution in [0, 0.1) is 0 Å². The minimum absolute atomic E-state index is 0.118. The molecule has 0 aliphatic heterocycles. The number of benzene rings is 2. The van der Waals surface area contributed by atoms with E-state index in [1.165, 1.54) is 0 Å². The highest BCUT2D eigenvalue weighted by atomic mass is 16.5. The Labute approximate surface area is 170 Å². The Bertz CT molecular complexity index is 1220. The summed E-state index contributed by atoms with van der Waals surface area (Å²) in [5.74, 6) is 0.111. The lowest BCUT2D eigenvalue weighted by atomic mass is 10.1. The zero-order chi connectivity index (χ0) is 21.0. The van der Waals surface area contributed by atoms with E-state index in [4.69, 9.17) is 4.74 Å². The van der Waals surface area contributed by atoms with Crippen LogP contribution >= 0.6 is 0 Å². The van der Waals surface area contributed by atoms with Crippen LogP contribution in [-0.4, -0.2) is 25.5 Å². The maximum atomic E-state index is 12.7. The highest BCUT2D eigenvalue weighted by molar-refractivity contribution is 5.96. The van der Waals surface area contributed by atoms with Gasteiger partial charge in [-0.3, -0.25) is 9.36 Å². The van der Waals surface area contributed by atoms with Gasteiger partial charge in [-0.05, 0) is 77.9 Å². The average Bonchev–Trinajstić information content (AvgIpc) is 3.24. The summed E-state index contributed by atoms with van der Waals surface area (Å²) in [6.07, 6.45) is 3.58. The fourth-order valence-corrected chi connectivity index (χ4v) is 3.47. The summed E-state index contributed by atoms with van der Waals surface area (Å²) in [5, 5.41) is 10.8. The van der Waals surface area contributed by atoms with Crippen molar-refractivity contribution in [2.24, 2.45) is 0 Å². The van der Waals surface area contributed by atoms with Crippen LogP contribution in [0.5, 0.6) is 5.75 Å². The Kier molecular flexibility index (Phi) is 4.26. The molecule has 0 aliphatic rings. The minimum Gasteiger partial charge on any atom is -0.423 e. The molecule has 0 N–H and O–H groups in total. The van der Waals surface area contributed by atoms with Crippen molar-refractivity contribution in [2.45, 2.75) is 52.6 Å². The topological polar surface area (TPSA) is 61.9 Å². The summed E-state index contributed by atoms with van der Waals surface area (Å²) in [4.78, 5) is 12.7. The molecule has 0 aliphatic carbocycles. The normalized spacial score (nSPS) is 12.6. The van der Waals surface area contributed by atoms with Gasteiger partial charge < -0.3 is 4.74 Å². The minimum atomic E-state index is -0.391. The Balaban J connectivity index is 1.61. The lowest BCUT2D eigenvalue weighted by Crippen LogP contribution is -2.22. The molecule has 6 heteroatoms. The molecule has 0 saturated carbocycles. The number of nitrogens with zero attached hydrogens (tertiary/aromatic N) is 4. The molecule has 4 rings (SSSR count).